The molecule has 0 saturated heterocycles. The van der Waals surface area contributed by atoms with E-state index in [1.54, 1.807) is 12.3 Å². The molecule has 5 nitrogen and oxygen atoms in total. The van der Waals surface area contributed by atoms with Crippen molar-refractivity contribution in [2.45, 2.75) is 6.92 Å². The second-order valence-corrected chi connectivity index (χ2v) is 4.21. The topological polar surface area (TPSA) is 74.7 Å². The molecule has 0 saturated carbocycles. The molecule has 0 bridgehead atoms. The standard InChI is InChI=1S/C14H16N4O/c1-10-6-5-9-16-14(10)18(2)12-8-4-3-7-11(12)13(15)17-19/h3-9,19H,1-2H3,(H2,15,17). The Labute approximate surface area is 112 Å². The number of benzene rings is 1. The molecule has 0 aliphatic carbocycles. The van der Waals surface area contributed by atoms with E-state index in [1.165, 1.54) is 0 Å². The third-order valence-corrected chi connectivity index (χ3v) is 2.95. The van der Waals surface area contributed by atoms with E-state index in [1.807, 2.05) is 49.2 Å². The predicted octanol–water partition coefficient (Wildman–Crippen LogP) is 2.25. The summed E-state index contributed by atoms with van der Waals surface area (Å²) in [6, 6.07) is 11.3. The molecular formula is C14H16N4O. The van der Waals surface area contributed by atoms with Crippen LogP contribution >= 0.6 is 0 Å². The Hall–Kier alpha value is -2.56. The van der Waals surface area contributed by atoms with Crippen LogP contribution in [0, 0.1) is 6.92 Å². The van der Waals surface area contributed by atoms with Gasteiger partial charge in [0.2, 0.25) is 0 Å². The van der Waals surface area contributed by atoms with Crippen LogP contribution in [0.3, 0.4) is 0 Å². The second kappa shape index (κ2) is 5.39. The van der Waals surface area contributed by atoms with Crippen LogP contribution in [0.2, 0.25) is 0 Å². The fraction of sp³-hybridized carbons (Fsp3) is 0.143. The van der Waals surface area contributed by atoms with Crippen molar-refractivity contribution in [3.8, 4) is 0 Å². The zero-order chi connectivity index (χ0) is 13.8. The smallest absolute Gasteiger partial charge is 0.172 e. The van der Waals surface area contributed by atoms with E-state index in [-0.39, 0.29) is 5.84 Å². The number of oxime groups is 1. The Morgan fingerprint density at radius 2 is 2.00 bits per heavy atom. The largest absolute Gasteiger partial charge is 0.409 e. The number of hydrogen-bond donors (Lipinski definition) is 2. The summed E-state index contributed by atoms with van der Waals surface area (Å²) in [4.78, 5) is 6.28. The maximum Gasteiger partial charge on any atom is 0.172 e. The first-order chi connectivity index (χ1) is 9.15. The third kappa shape index (κ3) is 2.49. The van der Waals surface area contributed by atoms with Gasteiger partial charge in [-0.2, -0.15) is 0 Å². The minimum absolute atomic E-state index is 0.0797. The first-order valence-corrected chi connectivity index (χ1v) is 5.87. The number of pyridine rings is 1. The van der Waals surface area contributed by atoms with Crippen molar-refractivity contribution in [3.05, 3.63) is 53.7 Å². The highest BCUT2D eigenvalue weighted by atomic mass is 16.4. The summed E-state index contributed by atoms with van der Waals surface area (Å²) in [5, 5.41) is 11.9. The molecule has 0 atom stereocenters. The number of amidine groups is 1. The number of para-hydroxylation sites is 1. The van der Waals surface area contributed by atoms with Crippen molar-refractivity contribution >= 4 is 17.3 Å². The van der Waals surface area contributed by atoms with Crippen LogP contribution in [-0.2, 0) is 0 Å². The highest BCUT2D eigenvalue weighted by Gasteiger charge is 2.13. The molecule has 1 heterocycles. The lowest BCUT2D eigenvalue weighted by atomic mass is 10.1. The highest BCUT2D eigenvalue weighted by Crippen LogP contribution is 2.27. The summed E-state index contributed by atoms with van der Waals surface area (Å²) in [6.07, 6.45) is 1.74. The summed E-state index contributed by atoms with van der Waals surface area (Å²) in [7, 11) is 1.90. The molecule has 0 unspecified atom stereocenters. The van der Waals surface area contributed by atoms with Gasteiger partial charge in [-0.1, -0.05) is 23.4 Å². The van der Waals surface area contributed by atoms with Gasteiger partial charge in [0.15, 0.2) is 5.84 Å². The zero-order valence-corrected chi connectivity index (χ0v) is 10.9. The van der Waals surface area contributed by atoms with Gasteiger partial charge in [0.05, 0.1) is 5.69 Å². The molecule has 5 heteroatoms. The number of aromatic nitrogens is 1. The number of nitrogens with zero attached hydrogens (tertiary/aromatic N) is 3. The van der Waals surface area contributed by atoms with E-state index in [2.05, 4.69) is 10.1 Å². The minimum atomic E-state index is 0.0797. The molecule has 0 aliphatic rings. The van der Waals surface area contributed by atoms with Gasteiger partial charge in [0, 0.05) is 18.8 Å². The van der Waals surface area contributed by atoms with Crippen LogP contribution in [0.25, 0.3) is 0 Å². The van der Waals surface area contributed by atoms with Crippen LogP contribution in [0.1, 0.15) is 11.1 Å². The Bertz CT molecular complexity index is 610. The molecule has 0 amide bonds. The quantitative estimate of drug-likeness (QED) is 0.382. The maximum absolute atomic E-state index is 8.85. The summed E-state index contributed by atoms with van der Waals surface area (Å²) >= 11 is 0. The number of anilines is 2. The van der Waals surface area contributed by atoms with Gasteiger partial charge in [-0.25, -0.2) is 4.98 Å². The average Bonchev–Trinajstić information content (AvgIpc) is 2.46. The van der Waals surface area contributed by atoms with E-state index >= 15 is 0 Å². The summed E-state index contributed by atoms with van der Waals surface area (Å²) < 4.78 is 0. The first kappa shape index (κ1) is 12.9. The Kier molecular flexibility index (Phi) is 3.66. The van der Waals surface area contributed by atoms with Crippen molar-refractivity contribution in [3.63, 3.8) is 0 Å². The number of hydrogen-bond acceptors (Lipinski definition) is 4. The number of rotatable bonds is 3. The molecule has 2 rings (SSSR count). The van der Waals surface area contributed by atoms with Crippen molar-refractivity contribution in [1.82, 2.24) is 4.98 Å². The lowest BCUT2D eigenvalue weighted by Crippen LogP contribution is -2.20. The molecule has 0 aliphatic heterocycles. The van der Waals surface area contributed by atoms with Crippen molar-refractivity contribution in [1.29, 1.82) is 0 Å². The van der Waals surface area contributed by atoms with Crippen LogP contribution < -0.4 is 10.6 Å². The Balaban J connectivity index is 2.51. The van der Waals surface area contributed by atoms with Gasteiger partial charge >= 0.3 is 0 Å². The molecule has 0 fully saturated rings. The monoisotopic (exact) mass is 256 g/mol. The van der Waals surface area contributed by atoms with Crippen LogP contribution in [0.15, 0.2) is 47.8 Å². The van der Waals surface area contributed by atoms with E-state index < -0.39 is 0 Å². The van der Waals surface area contributed by atoms with E-state index in [9.17, 15) is 0 Å². The fourth-order valence-electron chi connectivity index (χ4n) is 1.98. The molecule has 3 N–H and O–H groups in total. The predicted molar refractivity (Wildman–Crippen MR) is 76.0 cm³/mol. The van der Waals surface area contributed by atoms with Gasteiger partial charge in [0.1, 0.15) is 5.82 Å². The van der Waals surface area contributed by atoms with Gasteiger partial charge in [-0.15, -0.1) is 0 Å². The van der Waals surface area contributed by atoms with Gasteiger partial charge in [-0.3, -0.25) is 0 Å². The van der Waals surface area contributed by atoms with E-state index in [4.69, 9.17) is 10.9 Å². The molecule has 2 aromatic rings. The molecule has 98 valence electrons. The molecule has 1 aromatic heterocycles. The second-order valence-electron chi connectivity index (χ2n) is 4.21. The number of nitrogens with two attached hydrogens (primary N) is 1. The summed E-state index contributed by atoms with van der Waals surface area (Å²) in [5.74, 6) is 0.914. The number of aryl methyl sites for hydroxylation is 1. The Morgan fingerprint density at radius 3 is 2.68 bits per heavy atom. The summed E-state index contributed by atoms with van der Waals surface area (Å²) in [5.41, 5.74) is 8.25. The van der Waals surface area contributed by atoms with Crippen LogP contribution in [0.4, 0.5) is 11.5 Å². The van der Waals surface area contributed by atoms with E-state index in [0.29, 0.717) is 5.56 Å². The summed E-state index contributed by atoms with van der Waals surface area (Å²) in [6.45, 7) is 1.99. The lowest BCUT2D eigenvalue weighted by molar-refractivity contribution is 0.318. The molecular weight excluding hydrogens is 240 g/mol. The van der Waals surface area contributed by atoms with Crippen LogP contribution in [-0.4, -0.2) is 23.1 Å². The van der Waals surface area contributed by atoms with Gasteiger partial charge < -0.3 is 15.8 Å². The van der Waals surface area contributed by atoms with Crippen molar-refractivity contribution in [2.24, 2.45) is 10.9 Å². The van der Waals surface area contributed by atoms with Gasteiger partial charge in [0.25, 0.3) is 0 Å². The molecule has 0 radical (unpaired) electrons. The zero-order valence-electron chi connectivity index (χ0n) is 10.9. The average molecular weight is 256 g/mol. The lowest BCUT2D eigenvalue weighted by Gasteiger charge is -2.22. The normalized spacial score (nSPS) is 11.4. The molecule has 0 spiro atoms. The van der Waals surface area contributed by atoms with Crippen molar-refractivity contribution in [2.75, 3.05) is 11.9 Å². The maximum atomic E-state index is 8.85. The Morgan fingerprint density at radius 1 is 1.26 bits per heavy atom. The third-order valence-electron chi connectivity index (χ3n) is 2.95. The SMILES string of the molecule is Cc1cccnc1N(C)c1ccccc1C(N)=NO. The van der Waals surface area contributed by atoms with Crippen LogP contribution in [0.5, 0.6) is 0 Å². The molecule has 1 aromatic carbocycles. The fourth-order valence-corrected chi connectivity index (χ4v) is 1.98. The van der Waals surface area contributed by atoms with Crippen molar-refractivity contribution < 1.29 is 5.21 Å². The minimum Gasteiger partial charge on any atom is -0.409 e. The van der Waals surface area contributed by atoms with Gasteiger partial charge in [-0.05, 0) is 30.7 Å². The van der Waals surface area contributed by atoms with E-state index in [0.717, 1.165) is 17.1 Å². The highest BCUT2D eigenvalue weighted by molar-refractivity contribution is 6.02. The molecule has 19 heavy (non-hydrogen) atoms. The first-order valence-electron chi connectivity index (χ1n) is 5.87.